The van der Waals surface area contributed by atoms with Gasteiger partial charge in [0.15, 0.2) is 0 Å². The molecule has 0 unspecified atom stereocenters. The highest BCUT2D eigenvalue weighted by Crippen LogP contribution is 2.14. The lowest BCUT2D eigenvalue weighted by Crippen LogP contribution is -2.39. The van der Waals surface area contributed by atoms with E-state index in [1.165, 1.54) is 5.56 Å². The van der Waals surface area contributed by atoms with Crippen molar-refractivity contribution in [3.63, 3.8) is 0 Å². The van der Waals surface area contributed by atoms with Crippen LogP contribution in [0.5, 0.6) is 0 Å². The smallest absolute Gasteiger partial charge is 0.127 e. The molecule has 0 aliphatic heterocycles. The third-order valence-corrected chi connectivity index (χ3v) is 1.65. The second kappa shape index (κ2) is 2.84. The van der Waals surface area contributed by atoms with Crippen LogP contribution in [0.15, 0.2) is 24.3 Å². The second-order valence-electron chi connectivity index (χ2n) is 2.90. The molecule has 10 heavy (non-hydrogen) atoms. The van der Waals surface area contributed by atoms with Crippen molar-refractivity contribution in [3.05, 3.63) is 29.8 Å². The Kier molecular flexibility index (Phi) is 2.07. The Bertz CT molecular complexity index is 198. The van der Waals surface area contributed by atoms with Gasteiger partial charge in [-0.3, -0.25) is 0 Å². The molecule has 0 aromatic heterocycles. The number of benzene rings is 1. The highest BCUT2D eigenvalue weighted by atomic mass is 14.5. The Morgan fingerprint density at radius 1 is 1.10 bits per heavy atom. The van der Waals surface area contributed by atoms with E-state index in [0.29, 0.717) is 5.92 Å². The predicted molar refractivity (Wildman–Crippen MR) is 43.1 cm³/mol. The van der Waals surface area contributed by atoms with E-state index < -0.39 is 0 Å². The summed E-state index contributed by atoms with van der Waals surface area (Å²) in [6.45, 7) is 4.39. The van der Waals surface area contributed by atoms with Crippen LogP contribution in [0.2, 0.25) is 0 Å². The van der Waals surface area contributed by atoms with E-state index in [2.05, 4.69) is 43.8 Å². The van der Waals surface area contributed by atoms with E-state index in [9.17, 15) is 0 Å². The van der Waals surface area contributed by atoms with E-state index in [1.54, 1.807) is 0 Å². The Hall–Kier alpha value is -0.820. The van der Waals surface area contributed by atoms with Gasteiger partial charge in [-0.25, -0.2) is 0 Å². The van der Waals surface area contributed by atoms with Gasteiger partial charge in [-0.15, -0.1) is 0 Å². The summed E-state index contributed by atoms with van der Waals surface area (Å²) >= 11 is 0. The van der Waals surface area contributed by atoms with E-state index in [4.69, 9.17) is 0 Å². The number of hydrogen-bond acceptors (Lipinski definition) is 0. The molecule has 0 radical (unpaired) electrons. The predicted octanol–water partition coefficient (Wildman–Crippen LogP) is 1.68. The van der Waals surface area contributed by atoms with Crippen LogP contribution in [0, 0.1) is 0 Å². The first-order chi connectivity index (χ1) is 4.70. The molecule has 1 aromatic carbocycles. The van der Waals surface area contributed by atoms with E-state index in [0.717, 1.165) is 5.69 Å². The molecule has 1 nitrogen and oxygen atoms in total. The van der Waals surface area contributed by atoms with Crippen molar-refractivity contribution in [2.75, 3.05) is 0 Å². The van der Waals surface area contributed by atoms with Gasteiger partial charge < -0.3 is 5.73 Å². The monoisotopic (exact) mass is 136 g/mol. The summed E-state index contributed by atoms with van der Waals surface area (Å²) in [5.74, 6) is 0.626. The zero-order valence-electron chi connectivity index (χ0n) is 6.59. The Morgan fingerprint density at radius 3 is 2.00 bits per heavy atom. The molecule has 0 fully saturated rings. The Morgan fingerprint density at radius 2 is 1.60 bits per heavy atom. The molecule has 0 bridgehead atoms. The van der Waals surface area contributed by atoms with Gasteiger partial charge in [-0.2, -0.15) is 0 Å². The van der Waals surface area contributed by atoms with Crippen LogP contribution in [0.25, 0.3) is 0 Å². The maximum atomic E-state index is 3.82. The Labute approximate surface area is 61.9 Å². The van der Waals surface area contributed by atoms with Gasteiger partial charge >= 0.3 is 0 Å². The van der Waals surface area contributed by atoms with Gasteiger partial charge in [-0.1, -0.05) is 26.0 Å². The summed E-state index contributed by atoms with van der Waals surface area (Å²) in [7, 11) is 0. The molecule has 0 aliphatic carbocycles. The van der Waals surface area contributed by atoms with Crippen LogP contribution in [0.3, 0.4) is 0 Å². The van der Waals surface area contributed by atoms with Crippen LogP contribution in [-0.4, -0.2) is 0 Å². The average Bonchev–Trinajstić information content (AvgIpc) is 1.88. The molecule has 54 valence electrons. The first kappa shape index (κ1) is 7.29. The van der Waals surface area contributed by atoms with E-state index >= 15 is 0 Å². The van der Waals surface area contributed by atoms with Crippen molar-refractivity contribution in [2.24, 2.45) is 0 Å². The molecule has 0 spiro atoms. The maximum Gasteiger partial charge on any atom is 0.127 e. The highest BCUT2D eigenvalue weighted by Gasteiger charge is 1.96. The van der Waals surface area contributed by atoms with Crippen molar-refractivity contribution in [2.45, 2.75) is 19.8 Å². The summed E-state index contributed by atoms with van der Waals surface area (Å²) in [6, 6.07) is 8.37. The fraction of sp³-hybridized carbons (Fsp3) is 0.333. The fourth-order valence-electron chi connectivity index (χ4n) is 0.903. The van der Waals surface area contributed by atoms with Gasteiger partial charge in [-0.05, 0) is 23.6 Å². The zero-order valence-corrected chi connectivity index (χ0v) is 6.59. The second-order valence-corrected chi connectivity index (χ2v) is 2.90. The third-order valence-electron chi connectivity index (χ3n) is 1.65. The summed E-state index contributed by atoms with van der Waals surface area (Å²) in [5, 5.41) is 0. The SMILES string of the molecule is CC(C)c1ccc([NH3+])cc1. The largest absolute Gasteiger partial charge is 0.325 e. The van der Waals surface area contributed by atoms with Gasteiger partial charge in [0.05, 0.1) is 0 Å². The lowest BCUT2D eigenvalue weighted by molar-refractivity contribution is -0.254. The summed E-state index contributed by atoms with van der Waals surface area (Å²) in [5.41, 5.74) is 6.29. The van der Waals surface area contributed by atoms with Crippen molar-refractivity contribution in [3.8, 4) is 0 Å². The molecule has 0 aliphatic rings. The molecule has 0 amide bonds. The molecular weight excluding hydrogens is 122 g/mol. The fourth-order valence-corrected chi connectivity index (χ4v) is 0.903. The van der Waals surface area contributed by atoms with Crippen LogP contribution >= 0.6 is 0 Å². The molecule has 0 saturated carbocycles. The minimum atomic E-state index is 0.626. The van der Waals surface area contributed by atoms with E-state index in [-0.39, 0.29) is 0 Å². The van der Waals surface area contributed by atoms with Crippen molar-refractivity contribution >= 4 is 5.69 Å². The zero-order chi connectivity index (χ0) is 7.56. The van der Waals surface area contributed by atoms with Gasteiger partial charge in [0.1, 0.15) is 5.69 Å². The summed E-state index contributed by atoms with van der Waals surface area (Å²) in [6.07, 6.45) is 0. The van der Waals surface area contributed by atoms with Crippen LogP contribution in [0.4, 0.5) is 5.69 Å². The quantitative estimate of drug-likeness (QED) is 0.608. The third kappa shape index (κ3) is 1.58. The topological polar surface area (TPSA) is 27.6 Å². The highest BCUT2D eigenvalue weighted by molar-refractivity contribution is 5.32. The molecule has 1 rings (SSSR count). The molecule has 0 atom stereocenters. The van der Waals surface area contributed by atoms with Crippen molar-refractivity contribution < 1.29 is 5.73 Å². The minimum absolute atomic E-state index is 0.626. The number of quaternary nitrogens is 1. The summed E-state index contributed by atoms with van der Waals surface area (Å²) in [4.78, 5) is 0. The van der Waals surface area contributed by atoms with Gasteiger partial charge in [0, 0.05) is 0 Å². The Balaban J connectivity index is 2.89. The average molecular weight is 136 g/mol. The maximum absolute atomic E-state index is 3.82. The number of rotatable bonds is 1. The van der Waals surface area contributed by atoms with Gasteiger partial charge in [0.2, 0.25) is 0 Å². The van der Waals surface area contributed by atoms with Crippen LogP contribution in [0.1, 0.15) is 25.3 Å². The van der Waals surface area contributed by atoms with E-state index in [1.807, 2.05) is 0 Å². The summed E-state index contributed by atoms with van der Waals surface area (Å²) < 4.78 is 0. The van der Waals surface area contributed by atoms with Crippen LogP contribution < -0.4 is 5.73 Å². The minimum Gasteiger partial charge on any atom is -0.325 e. The van der Waals surface area contributed by atoms with Crippen LogP contribution in [-0.2, 0) is 0 Å². The molecule has 3 N–H and O–H groups in total. The van der Waals surface area contributed by atoms with Crippen molar-refractivity contribution in [1.82, 2.24) is 0 Å². The van der Waals surface area contributed by atoms with Crippen molar-refractivity contribution in [1.29, 1.82) is 0 Å². The molecule has 0 saturated heterocycles. The number of hydrogen-bond donors (Lipinski definition) is 1. The molecule has 1 aromatic rings. The molecular formula is C9H14N+. The first-order valence-electron chi connectivity index (χ1n) is 3.62. The lowest BCUT2D eigenvalue weighted by atomic mass is 10.0. The molecule has 0 heterocycles. The standard InChI is InChI=1S/C9H13N/c1-7(2)8-3-5-9(10)6-4-8/h3-7H,10H2,1-2H3/p+1. The normalized spacial score (nSPS) is 10.4. The molecule has 1 heteroatoms. The lowest BCUT2D eigenvalue weighted by Gasteiger charge is -2.02. The first-order valence-corrected chi connectivity index (χ1v) is 3.62. The van der Waals surface area contributed by atoms with Gasteiger partial charge in [0.25, 0.3) is 0 Å².